The number of nitrogens with one attached hydrogen (secondary N) is 1. The van der Waals surface area contributed by atoms with Crippen LogP contribution in [0.4, 0.5) is 0 Å². The Hall–Kier alpha value is -2.17. The summed E-state index contributed by atoms with van der Waals surface area (Å²) in [5, 5.41) is 2.52. The summed E-state index contributed by atoms with van der Waals surface area (Å²) >= 11 is 0. The smallest absolute Gasteiger partial charge is 0.255 e. The molecule has 2 amide bonds. The van der Waals surface area contributed by atoms with Gasteiger partial charge in [-0.25, -0.2) is 0 Å². The predicted molar refractivity (Wildman–Crippen MR) is 83.6 cm³/mol. The van der Waals surface area contributed by atoms with Crippen LogP contribution in [0.25, 0.3) is 0 Å². The molecule has 0 aliphatic carbocycles. The van der Waals surface area contributed by atoms with Crippen molar-refractivity contribution in [1.29, 1.82) is 0 Å². The molecule has 5 heteroatoms. The topological polar surface area (TPSA) is 66.5 Å². The lowest BCUT2D eigenvalue weighted by molar-refractivity contribution is -0.121. The Balaban J connectivity index is 2.15. The summed E-state index contributed by atoms with van der Waals surface area (Å²) in [6.45, 7) is 4.65. The summed E-state index contributed by atoms with van der Waals surface area (Å²) < 4.78 is 0. The lowest BCUT2D eigenvalue weighted by Gasteiger charge is -2.22. The third-order valence-electron chi connectivity index (χ3n) is 4.13. The van der Waals surface area contributed by atoms with Gasteiger partial charge < -0.3 is 15.0 Å². The Bertz CT molecular complexity index is 596. The predicted octanol–water partition coefficient (Wildman–Crippen LogP) is 1.86. The zero-order chi connectivity index (χ0) is 16.3. The lowest BCUT2D eigenvalue weighted by Crippen LogP contribution is -2.37. The highest BCUT2D eigenvalue weighted by Gasteiger charge is 2.32. The fourth-order valence-corrected chi connectivity index (χ4v) is 2.69. The maximum absolute atomic E-state index is 12.5. The second-order valence-corrected chi connectivity index (χ2v) is 5.92. The molecule has 5 nitrogen and oxygen atoms in total. The van der Waals surface area contributed by atoms with Gasteiger partial charge in [-0.05, 0) is 29.5 Å². The number of aldehydes is 1. The van der Waals surface area contributed by atoms with E-state index in [4.69, 9.17) is 0 Å². The summed E-state index contributed by atoms with van der Waals surface area (Å²) in [6.07, 6.45) is 1.34. The maximum atomic E-state index is 12.5. The van der Waals surface area contributed by atoms with Crippen LogP contribution in [0.1, 0.15) is 54.1 Å². The molecular weight excluding hydrogens is 280 g/mol. The van der Waals surface area contributed by atoms with Crippen LogP contribution in [0, 0.1) is 0 Å². The van der Waals surface area contributed by atoms with Gasteiger partial charge in [-0.1, -0.05) is 26.0 Å². The molecule has 0 fully saturated rings. The second-order valence-electron chi connectivity index (χ2n) is 5.92. The summed E-state index contributed by atoms with van der Waals surface area (Å²) in [5.41, 5.74) is 2.81. The lowest BCUT2D eigenvalue weighted by atomic mass is 9.98. The summed E-state index contributed by atoms with van der Waals surface area (Å²) in [6, 6.07) is 5.29. The molecule has 0 aromatic heterocycles. The van der Waals surface area contributed by atoms with Gasteiger partial charge >= 0.3 is 0 Å². The number of carbonyl (C=O) groups is 3. The van der Waals surface area contributed by atoms with Gasteiger partial charge in [0.1, 0.15) is 6.29 Å². The van der Waals surface area contributed by atoms with E-state index < -0.39 is 6.04 Å². The Morgan fingerprint density at radius 3 is 2.73 bits per heavy atom. The van der Waals surface area contributed by atoms with Crippen molar-refractivity contribution in [2.45, 2.75) is 45.2 Å². The summed E-state index contributed by atoms with van der Waals surface area (Å²) in [4.78, 5) is 36.7. The molecule has 0 saturated heterocycles. The molecule has 1 aliphatic heterocycles. The van der Waals surface area contributed by atoms with Gasteiger partial charge in [0.25, 0.3) is 5.91 Å². The van der Waals surface area contributed by atoms with Crippen molar-refractivity contribution in [3.05, 3.63) is 34.9 Å². The van der Waals surface area contributed by atoms with Crippen LogP contribution in [-0.2, 0) is 16.1 Å². The van der Waals surface area contributed by atoms with E-state index in [1.165, 1.54) is 5.56 Å². The van der Waals surface area contributed by atoms with Crippen LogP contribution in [0.3, 0.4) is 0 Å². The average Bonchev–Trinajstić information content (AvgIpc) is 2.84. The fourth-order valence-electron chi connectivity index (χ4n) is 2.69. The van der Waals surface area contributed by atoms with Crippen LogP contribution < -0.4 is 5.32 Å². The van der Waals surface area contributed by atoms with Crippen LogP contribution in [0.5, 0.6) is 0 Å². The van der Waals surface area contributed by atoms with Crippen molar-refractivity contribution in [2.24, 2.45) is 0 Å². The second kappa shape index (κ2) is 6.73. The number of amides is 2. The van der Waals surface area contributed by atoms with Gasteiger partial charge in [0, 0.05) is 25.6 Å². The molecule has 1 heterocycles. The molecule has 0 radical (unpaired) electrons. The number of hydrogen-bond acceptors (Lipinski definition) is 3. The first-order valence-corrected chi connectivity index (χ1v) is 7.57. The van der Waals surface area contributed by atoms with Crippen LogP contribution >= 0.6 is 0 Å². The molecule has 1 unspecified atom stereocenters. The van der Waals surface area contributed by atoms with E-state index in [1.54, 1.807) is 11.9 Å². The molecule has 1 aromatic rings. The normalized spacial score (nSPS) is 14.9. The van der Waals surface area contributed by atoms with Crippen molar-refractivity contribution >= 4 is 18.1 Å². The highest BCUT2D eigenvalue weighted by atomic mass is 16.2. The number of carbonyl (C=O) groups excluding carboxylic acids is 3. The SMILES string of the molecule is CNC(=O)CCC(C=O)N1Cc2cc(C(C)C)ccc2C1=O. The standard InChI is InChI=1S/C17H22N2O3/c1-11(2)12-4-6-15-13(8-12)9-19(17(15)22)14(10-20)5-7-16(21)18-3/h4,6,8,10-11,14H,5,7,9H2,1-3H3,(H,18,21). The minimum Gasteiger partial charge on any atom is -0.359 e. The maximum Gasteiger partial charge on any atom is 0.255 e. The first-order valence-electron chi connectivity index (χ1n) is 7.57. The first kappa shape index (κ1) is 16.2. The zero-order valence-electron chi connectivity index (χ0n) is 13.3. The highest BCUT2D eigenvalue weighted by molar-refractivity contribution is 5.99. The average molecular weight is 302 g/mol. The van der Waals surface area contributed by atoms with Crippen LogP contribution in [0.15, 0.2) is 18.2 Å². The molecule has 118 valence electrons. The Kier molecular flexibility index (Phi) is 4.96. The van der Waals surface area contributed by atoms with Gasteiger partial charge in [0.05, 0.1) is 6.04 Å². The molecule has 0 saturated carbocycles. The molecule has 0 bridgehead atoms. The van der Waals surface area contributed by atoms with E-state index in [0.29, 0.717) is 24.4 Å². The molecule has 2 rings (SSSR count). The molecular formula is C17H22N2O3. The number of benzene rings is 1. The third-order valence-corrected chi connectivity index (χ3v) is 4.13. The molecule has 1 atom stereocenters. The third kappa shape index (κ3) is 3.18. The molecule has 1 aliphatic rings. The minimum absolute atomic E-state index is 0.126. The van der Waals surface area contributed by atoms with Gasteiger partial charge in [0.2, 0.25) is 5.91 Å². The van der Waals surface area contributed by atoms with Crippen molar-refractivity contribution in [2.75, 3.05) is 7.05 Å². The van der Waals surface area contributed by atoms with E-state index in [2.05, 4.69) is 19.2 Å². The summed E-state index contributed by atoms with van der Waals surface area (Å²) in [7, 11) is 1.56. The summed E-state index contributed by atoms with van der Waals surface area (Å²) in [5.74, 6) is 0.141. The highest BCUT2D eigenvalue weighted by Crippen LogP contribution is 2.28. The van der Waals surface area contributed by atoms with Crippen molar-refractivity contribution in [3.63, 3.8) is 0 Å². The van der Waals surface area contributed by atoms with Crippen LogP contribution in [0.2, 0.25) is 0 Å². The number of fused-ring (bicyclic) bond motifs is 1. The van der Waals surface area contributed by atoms with Crippen molar-refractivity contribution in [1.82, 2.24) is 10.2 Å². The molecule has 0 spiro atoms. The van der Waals surface area contributed by atoms with E-state index in [9.17, 15) is 14.4 Å². The van der Waals surface area contributed by atoms with Crippen LogP contribution in [-0.4, -0.2) is 36.1 Å². The van der Waals surface area contributed by atoms with Gasteiger partial charge in [-0.2, -0.15) is 0 Å². The van der Waals surface area contributed by atoms with E-state index in [-0.39, 0.29) is 18.2 Å². The monoisotopic (exact) mass is 302 g/mol. The van der Waals surface area contributed by atoms with E-state index in [1.807, 2.05) is 18.2 Å². The number of nitrogens with zero attached hydrogens (tertiary/aromatic N) is 1. The van der Waals surface area contributed by atoms with E-state index in [0.717, 1.165) is 11.8 Å². The van der Waals surface area contributed by atoms with Crippen molar-refractivity contribution in [3.8, 4) is 0 Å². The quantitative estimate of drug-likeness (QED) is 0.816. The fraction of sp³-hybridized carbons (Fsp3) is 0.471. The van der Waals surface area contributed by atoms with Crippen molar-refractivity contribution < 1.29 is 14.4 Å². The number of rotatable bonds is 6. The van der Waals surface area contributed by atoms with Gasteiger partial charge in [0.15, 0.2) is 0 Å². The Labute approximate surface area is 130 Å². The molecule has 1 N–H and O–H groups in total. The minimum atomic E-state index is -0.556. The van der Waals surface area contributed by atoms with E-state index >= 15 is 0 Å². The number of hydrogen-bond donors (Lipinski definition) is 1. The first-order chi connectivity index (χ1) is 10.5. The Morgan fingerprint density at radius 1 is 1.41 bits per heavy atom. The molecule has 22 heavy (non-hydrogen) atoms. The molecule has 1 aromatic carbocycles. The van der Waals surface area contributed by atoms with Gasteiger partial charge in [-0.3, -0.25) is 9.59 Å². The largest absolute Gasteiger partial charge is 0.359 e. The van der Waals surface area contributed by atoms with Gasteiger partial charge in [-0.15, -0.1) is 0 Å². The zero-order valence-corrected chi connectivity index (χ0v) is 13.3. The Morgan fingerprint density at radius 2 is 2.14 bits per heavy atom.